The summed E-state index contributed by atoms with van der Waals surface area (Å²) in [5, 5.41) is 0. The number of rotatable bonds is 5. The van der Waals surface area contributed by atoms with Gasteiger partial charge in [-0.1, -0.05) is 0 Å². The minimum atomic E-state index is -4.32. The van der Waals surface area contributed by atoms with Crippen LogP contribution in [-0.4, -0.2) is 17.8 Å². The summed E-state index contributed by atoms with van der Waals surface area (Å²) in [5.41, 5.74) is 0. The Morgan fingerprint density at radius 3 is 1.71 bits per heavy atom. The molecule has 0 radical (unpaired) electrons. The van der Waals surface area contributed by atoms with Crippen molar-refractivity contribution in [2.24, 2.45) is 0 Å². The monoisotopic (exact) mass is 324 g/mol. The van der Waals surface area contributed by atoms with Gasteiger partial charge in [-0.15, -0.1) is 0 Å². The van der Waals surface area contributed by atoms with Crippen molar-refractivity contribution in [3.63, 3.8) is 0 Å². The number of alkyl halides is 3. The molecule has 0 heterocycles. The van der Waals surface area contributed by atoms with Crippen molar-refractivity contribution in [1.29, 1.82) is 0 Å². The van der Waals surface area contributed by atoms with Gasteiger partial charge in [-0.3, -0.25) is 4.57 Å². The Morgan fingerprint density at radius 1 is 1.29 bits per heavy atom. The van der Waals surface area contributed by atoms with E-state index in [1.165, 1.54) is 13.8 Å². The molecule has 0 fully saturated rings. The fourth-order valence-corrected chi connectivity index (χ4v) is 2.18. The molecule has 9 heteroatoms. The Labute approximate surface area is 132 Å². The minimum Gasteiger partial charge on any atom is -1.00 e. The van der Waals surface area contributed by atoms with Crippen molar-refractivity contribution in [3.05, 3.63) is 0 Å². The van der Waals surface area contributed by atoms with Gasteiger partial charge in [0.2, 0.25) is 0 Å². The molecule has 0 aliphatic carbocycles. The Kier molecular flexibility index (Phi) is 13.9. The van der Waals surface area contributed by atoms with E-state index in [2.05, 4.69) is 9.05 Å². The third-order valence-electron chi connectivity index (χ3n) is 0.909. The molecule has 0 aliphatic rings. The zero-order valence-corrected chi connectivity index (χ0v) is 13.7. The van der Waals surface area contributed by atoms with Gasteiger partial charge in [-0.25, -0.2) is 0 Å². The van der Waals surface area contributed by atoms with Crippen LogP contribution in [-0.2, 0) is 13.6 Å². The Bertz CT molecular complexity index is 180. The molecule has 0 amide bonds. The Hall–Kier alpha value is 2.06. The maximum atomic E-state index is 12.5. The summed E-state index contributed by atoms with van der Waals surface area (Å²) in [6, 6.07) is 0. The maximum Gasteiger partial charge on any atom is 1.00 e. The molecule has 0 aromatic rings. The number of hydrogen-bond donors (Lipinski definition) is 0. The molecule has 0 N–H and O–H groups in total. The molecule has 0 unspecified atom stereocenters. The molecule has 14 heavy (non-hydrogen) atoms. The summed E-state index contributed by atoms with van der Waals surface area (Å²) in [7, 11) is -4.32. The van der Waals surface area contributed by atoms with Gasteiger partial charge in [0.15, 0.2) is 0 Å². The quantitative estimate of drug-likeness (QED) is 0.311. The van der Waals surface area contributed by atoms with Crippen molar-refractivity contribution in [1.82, 2.24) is 0 Å². The van der Waals surface area contributed by atoms with Crippen molar-refractivity contribution in [2.45, 2.75) is 18.4 Å². The minimum absolute atomic E-state index is 0. The van der Waals surface area contributed by atoms with Crippen LogP contribution in [0.5, 0.6) is 0 Å². The average molecular weight is 325 g/mol. The summed E-state index contributed by atoms with van der Waals surface area (Å²) >= 11 is 1.96. The second kappa shape index (κ2) is 9.12. The molecule has 0 bridgehead atoms. The fraction of sp³-hybridized carbons (Fsp3) is 1.00. The predicted molar refractivity (Wildman–Crippen MR) is 44.7 cm³/mol. The standard InChI is InChI=1S/C5H10BrF2O3P.FH.K/c1-3-10-12(9,11-4-2)5(6,7)8;;/h3-4H2,1-2H3;1H;/q;;+1/p-1. The van der Waals surface area contributed by atoms with E-state index in [-0.39, 0.29) is 69.3 Å². The summed E-state index contributed by atoms with van der Waals surface area (Å²) in [6.07, 6.45) is 0. The van der Waals surface area contributed by atoms with E-state index < -0.39 is 12.2 Å². The largest absolute Gasteiger partial charge is 1.00 e. The molecule has 0 saturated carbocycles. The second-order valence-corrected chi connectivity index (χ2v) is 5.48. The molecule has 0 aromatic heterocycles. The van der Waals surface area contributed by atoms with E-state index in [0.29, 0.717) is 0 Å². The summed E-state index contributed by atoms with van der Waals surface area (Å²) in [5.74, 6) is 0. The SMILES string of the molecule is CCOP(=O)(OCC)C(F)(F)Br.[F-].[K+]. The first-order valence-corrected chi connectivity index (χ1v) is 5.67. The zero-order chi connectivity index (χ0) is 9.83. The van der Waals surface area contributed by atoms with Gasteiger partial charge in [0.05, 0.1) is 13.2 Å². The second-order valence-electron chi connectivity index (χ2n) is 1.80. The molecule has 0 rings (SSSR count). The molecular weight excluding hydrogens is 315 g/mol. The molecule has 3 nitrogen and oxygen atoms in total. The van der Waals surface area contributed by atoms with E-state index in [1.54, 1.807) is 0 Å². The van der Waals surface area contributed by atoms with Crippen LogP contribution >= 0.6 is 23.5 Å². The number of hydrogen-bond acceptors (Lipinski definition) is 3. The molecule has 0 spiro atoms. The zero-order valence-electron chi connectivity index (χ0n) is 8.10. The summed E-state index contributed by atoms with van der Waals surface area (Å²) in [6.45, 7) is 2.76. The van der Waals surface area contributed by atoms with Crippen molar-refractivity contribution >= 4 is 23.5 Å². The molecule has 0 aromatic carbocycles. The van der Waals surface area contributed by atoms with E-state index >= 15 is 0 Å². The van der Waals surface area contributed by atoms with Gasteiger partial charge in [0.1, 0.15) is 0 Å². The van der Waals surface area contributed by atoms with Gasteiger partial charge in [0, 0.05) is 15.9 Å². The van der Waals surface area contributed by atoms with Gasteiger partial charge in [-0.05, 0) is 13.8 Å². The maximum absolute atomic E-state index is 12.5. The molecular formula is C5H10BrF3KO3P. The van der Waals surface area contributed by atoms with E-state index in [0.717, 1.165) is 0 Å². The third-order valence-corrected chi connectivity index (χ3v) is 4.03. The van der Waals surface area contributed by atoms with E-state index in [9.17, 15) is 13.3 Å². The third kappa shape index (κ3) is 6.60. The smallest absolute Gasteiger partial charge is 1.00 e. The first kappa shape index (κ1) is 21.4. The van der Waals surface area contributed by atoms with Crippen LogP contribution in [0.25, 0.3) is 0 Å². The molecule has 0 atom stereocenters. The molecule has 82 valence electrons. The van der Waals surface area contributed by atoms with Crippen molar-refractivity contribution in [3.8, 4) is 0 Å². The van der Waals surface area contributed by atoms with Gasteiger partial charge < -0.3 is 13.8 Å². The fourth-order valence-electron chi connectivity index (χ4n) is 0.524. The van der Waals surface area contributed by atoms with Crippen LogP contribution in [0.1, 0.15) is 13.8 Å². The summed E-state index contributed by atoms with van der Waals surface area (Å²) in [4.78, 5) is 0. The summed E-state index contributed by atoms with van der Waals surface area (Å²) < 4.78 is 41.4. The number of halogens is 4. The Balaban J connectivity index is -0.000000605. The predicted octanol–water partition coefficient (Wildman–Crippen LogP) is -2.79. The van der Waals surface area contributed by atoms with Crippen LogP contribution in [0.15, 0.2) is 0 Å². The first-order valence-electron chi connectivity index (χ1n) is 3.33. The topological polar surface area (TPSA) is 35.5 Å². The average Bonchev–Trinajstić information content (AvgIpc) is 1.86. The van der Waals surface area contributed by atoms with Crippen LogP contribution in [0.2, 0.25) is 0 Å². The molecule has 0 saturated heterocycles. The Morgan fingerprint density at radius 2 is 1.57 bits per heavy atom. The van der Waals surface area contributed by atoms with Crippen LogP contribution in [0.4, 0.5) is 8.78 Å². The van der Waals surface area contributed by atoms with Gasteiger partial charge in [0.25, 0.3) is 0 Å². The van der Waals surface area contributed by atoms with E-state index in [1.807, 2.05) is 15.9 Å². The van der Waals surface area contributed by atoms with Crippen LogP contribution in [0.3, 0.4) is 0 Å². The normalized spacial score (nSPS) is 11.5. The first-order chi connectivity index (χ1) is 5.37. The van der Waals surface area contributed by atoms with Crippen molar-refractivity contribution in [2.75, 3.05) is 13.2 Å². The molecule has 0 aliphatic heterocycles. The van der Waals surface area contributed by atoms with E-state index in [4.69, 9.17) is 0 Å². The van der Waals surface area contributed by atoms with Crippen LogP contribution in [0, 0.1) is 0 Å². The van der Waals surface area contributed by atoms with Gasteiger partial charge >= 0.3 is 63.6 Å². The van der Waals surface area contributed by atoms with Crippen LogP contribution < -0.4 is 56.1 Å². The van der Waals surface area contributed by atoms with Crippen molar-refractivity contribution < 1.29 is 78.5 Å². The van der Waals surface area contributed by atoms with Gasteiger partial charge in [-0.2, -0.15) is 8.78 Å².